The zero-order valence-electron chi connectivity index (χ0n) is 20.5. The third-order valence-electron chi connectivity index (χ3n) is 5.69. The van der Waals surface area contributed by atoms with Crippen LogP contribution in [0.5, 0.6) is 17.5 Å². The van der Waals surface area contributed by atoms with Crippen molar-refractivity contribution in [2.75, 3.05) is 12.4 Å². The first kappa shape index (κ1) is 23.6. The largest absolute Gasteiger partial charge is 0.481 e. The molecule has 0 saturated heterocycles. The molecule has 5 aromatic rings. The molecule has 3 aromatic heterocycles. The molecule has 36 heavy (non-hydrogen) atoms. The molecule has 0 fully saturated rings. The molecule has 5 rings (SSSR count). The van der Waals surface area contributed by atoms with Crippen LogP contribution >= 0.6 is 11.3 Å². The van der Waals surface area contributed by atoms with Gasteiger partial charge in [-0.3, -0.25) is 4.79 Å². The van der Waals surface area contributed by atoms with Gasteiger partial charge < -0.3 is 19.8 Å². The van der Waals surface area contributed by atoms with Gasteiger partial charge in [0.2, 0.25) is 23.5 Å². The van der Waals surface area contributed by atoms with Crippen LogP contribution in [0.4, 0.5) is 11.6 Å². The van der Waals surface area contributed by atoms with Gasteiger partial charge in [0.15, 0.2) is 0 Å². The maximum Gasteiger partial charge on any atom is 0.246 e. The first-order valence-electron chi connectivity index (χ1n) is 11.5. The van der Waals surface area contributed by atoms with E-state index in [4.69, 9.17) is 9.47 Å². The van der Waals surface area contributed by atoms with E-state index in [1.54, 1.807) is 25.3 Å². The molecule has 0 unspecified atom stereocenters. The molecule has 0 radical (unpaired) electrons. The SMILES string of the molecule is COc1ccc(Nc2nc3cc(C(=O)c4cccs4)ccc3[nH]2)c(Oc2ccccc2C(C)(C)C)n1. The lowest BCUT2D eigenvalue weighted by Crippen LogP contribution is -2.12. The number of benzene rings is 2. The molecule has 0 bridgehead atoms. The number of H-pyrrole nitrogens is 1. The predicted octanol–water partition coefficient (Wildman–Crippen LogP) is 7.09. The minimum atomic E-state index is -0.111. The third-order valence-corrected chi connectivity index (χ3v) is 6.56. The van der Waals surface area contributed by atoms with Crippen LogP contribution in [0.1, 0.15) is 41.6 Å². The molecule has 0 spiro atoms. The van der Waals surface area contributed by atoms with Crippen molar-refractivity contribution in [2.45, 2.75) is 26.2 Å². The molecule has 3 heterocycles. The highest BCUT2D eigenvalue weighted by Gasteiger charge is 2.21. The van der Waals surface area contributed by atoms with Crippen molar-refractivity contribution in [3.05, 3.63) is 88.1 Å². The number of ketones is 1. The number of anilines is 2. The topological polar surface area (TPSA) is 89.1 Å². The van der Waals surface area contributed by atoms with E-state index in [1.165, 1.54) is 11.3 Å². The van der Waals surface area contributed by atoms with Crippen molar-refractivity contribution >= 4 is 39.8 Å². The van der Waals surface area contributed by atoms with E-state index in [-0.39, 0.29) is 11.2 Å². The number of nitrogens with zero attached hydrogens (tertiary/aromatic N) is 2. The smallest absolute Gasteiger partial charge is 0.246 e. The van der Waals surface area contributed by atoms with Crippen LogP contribution in [0.25, 0.3) is 11.0 Å². The number of imidazole rings is 1. The van der Waals surface area contributed by atoms with Gasteiger partial charge in [-0.1, -0.05) is 45.0 Å². The Balaban J connectivity index is 1.46. The van der Waals surface area contributed by atoms with Crippen LogP contribution in [0.2, 0.25) is 0 Å². The van der Waals surface area contributed by atoms with Gasteiger partial charge in [-0.2, -0.15) is 4.98 Å². The number of carbonyl (C=O) groups is 1. The van der Waals surface area contributed by atoms with E-state index in [0.29, 0.717) is 39.4 Å². The number of ether oxygens (including phenoxy) is 2. The molecule has 8 heteroatoms. The Kier molecular flexibility index (Phi) is 6.20. The second-order valence-electron chi connectivity index (χ2n) is 9.30. The van der Waals surface area contributed by atoms with Gasteiger partial charge in [0, 0.05) is 17.2 Å². The average molecular weight is 499 g/mol. The zero-order valence-corrected chi connectivity index (χ0v) is 21.3. The summed E-state index contributed by atoms with van der Waals surface area (Å²) in [6.07, 6.45) is 0. The summed E-state index contributed by atoms with van der Waals surface area (Å²) in [5.41, 5.74) is 3.65. The second-order valence-corrected chi connectivity index (χ2v) is 10.3. The fraction of sp³-hybridized carbons (Fsp3) is 0.179. The average Bonchev–Trinajstić information content (AvgIpc) is 3.54. The lowest BCUT2D eigenvalue weighted by molar-refractivity contribution is 0.104. The van der Waals surface area contributed by atoms with Gasteiger partial charge >= 0.3 is 0 Å². The number of aromatic nitrogens is 3. The molecule has 0 aliphatic heterocycles. The number of carbonyl (C=O) groups excluding carboxylic acids is 1. The van der Waals surface area contributed by atoms with Crippen molar-refractivity contribution in [3.63, 3.8) is 0 Å². The van der Waals surface area contributed by atoms with Crippen LogP contribution in [0.3, 0.4) is 0 Å². The number of hydrogen-bond donors (Lipinski definition) is 2. The second kappa shape index (κ2) is 9.47. The molecule has 0 atom stereocenters. The van der Waals surface area contributed by atoms with E-state index in [2.05, 4.69) is 47.1 Å². The minimum Gasteiger partial charge on any atom is -0.481 e. The molecule has 182 valence electrons. The summed E-state index contributed by atoms with van der Waals surface area (Å²) in [6.45, 7) is 6.41. The van der Waals surface area contributed by atoms with Crippen molar-refractivity contribution in [1.29, 1.82) is 0 Å². The summed E-state index contributed by atoms with van der Waals surface area (Å²) in [5.74, 6) is 2.00. The van der Waals surface area contributed by atoms with Gasteiger partial charge in [0.1, 0.15) is 11.4 Å². The van der Waals surface area contributed by atoms with Crippen LogP contribution in [-0.4, -0.2) is 27.8 Å². The Morgan fingerprint density at radius 1 is 1.00 bits per heavy atom. The highest BCUT2D eigenvalue weighted by molar-refractivity contribution is 7.12. The normalized spacial score (nSPS) is 11.4. The number of thiophene rings is 1. The minimum absolute atomic E-state index is 0.0167. The summed E-state index contributed by atoms with van der Waals surface area (Å²) in [5, 5.41) is 5.17. The molecular weight excluding hydrogens is 472 g/mol. The van der Waals surface area contributed by atoms with E-state index in [9.17, 15) is 4.79 Å². The Morgan fingerprint density at radius 2 is 1.83 bits per heavy atom. The van der Waals surface area contributed by atoms with Crippen molar-refractivity contribution in [2.24, 2.45) is 0 Å². The van der Waals surface area contributed by atoms with Gasteiger partial charge in [-0.05, 0) is 47.2 Å². The Labute approximate surface area is 213 Å². The Hall–Kier alpha value is -4.17. The number of pyridine rings is 1. The maximum atomic E-state index is 12.7. The summed E-state index contributed by atoms with van der Waals surface area (Å²) in [4.78, 5) is 25.9. The number of para-hydroxylation sites is 1. The van der Waals surface area contributed by atoms with Crippen LogP contribution in [0.15, 0.2) is 72.1 Å². The van der Waals surface area contributed by atoms with Gasteiger partial charge in [-0.15, -0.1) is 11.3 Å². The molecule has 0 aliphatic carbocycles. The quantitative estimate of drug-likeness (QED) is 0.233. The van der Waals surface area contributed by atoms with Crippen molar-refractivity contribution < 1.29 is 14.3 Å². The molecular formula is C28H26N4O3S. The molecule has 0 saturated carbocycles. The third kappa shape index (κ3) is 4.81. The lowest BCUT2D eigenvalue weighted by Gasteiger charge is -2.23. The first-order valence-corrected chi connectivity index (χ1v) is 12.4. The fourth-order valence-electron chi connectivity index (χ4n) is 3.87. The Morgan fingerprint density at radius 3 is 2.58 bits per heavy atom. The van der Waals surface area contributed by atoms with Crippen LogP contribution in [-0.2, 0) is 5.41 Å². The molecule has 0 amide bonds. The highest BCUT2D eigenvalue weighted by atomic mass is 32.1. The first-order chi connectivity index (χ1) is 17.3. The predicted molar refractivity (Wildman–Crippen MR) is 143 cm³/mol. The van der Waals surface area contributed by atoms with E-state index in [0.717, 1.165) is 16.8 Å². The molecule has 7 nitrogen and oxygen atoms in total. The number of hydrogen-bond acceptors (Lipinski definition) is 7. The van der Waals surface area contributed by atoms with Crippen molar-refractivity contribution in [1.82, 2.24) is 15.0 Å². The zero-order chi connectivity index (χ0) is 25.3. The van der Waals surface area contributed by atoms with Crippen molar-refractivity contribution in [3.8, 4) is 17.5 Å². The lowest BCUT2D eigenvalue weighted by atomic mass is 9.86. The number of aromatic amines is 1. The van der Waals surface area contributed by atoms with E-state index >= 15 is 0 Å². The summed E-state index contributed by atoms with van der Waals surface area (Å²) in [6, 6.07) is 20.7. The Bertz CT molecular complexity index is 1530. The van der Waals surface area contributed by atoms with Gasteiger partial charge in [0.05, 0.1) is 23.0 Å². The van der Waals surface area contributed by atoms with E-state index < -0.39 is 0 Å². The number of rotatable bonds is 7. The van der Waals surface area contributed by atoms with E-state index in [1.807, 2.05) is 47.8 Å². The van der Waals surface area contributed by atoms with Gasteiger partial charge in [-0.25, -0.2) is 4.98 Å². The molecule has 2 aromatic carbocycles. The van der Waals surface area contributed by atoms with Crippen LogP contribution < -0.4 is 14.8 Å². The molecule has 2 N–H and O–H groups in total. The number of nitrogens with one attached hydrogen (secondary N) is 2. The summed E-state index contributed by atoms with van der Waals surface area (Å²) < 4.78 is 11.6. The summed E-state index contributed by atoms with van der Waals surface area (Å²) in [7, 11) is 1.57. The molecule has 0 aliphatic rings. The number of fused-ring (bicyclic) bond motifs is 1. The highest BCUT2D eigenvalue weighted by Crippen LogP contribution is 2.37. The maximum absolute atomic E-state index is 12.7. The van der Waals surface area contributed by atoms with Gasteiger partial charge in [0.25, 0.3) is 0 Å². The number of methoxy groups -OCH3 is 1. The summed E-state index contributed by atoms with van der Waals surface area (Å²) >= 11 is 1.42. The monoisotopic (exact) mass is 498 g/mol. The fourth-order valence-corrected chi connectivity index (χ4v) is 4.56. The van der Waals surface area contributed by atoms with Crippen LogP contribution in [0, 0.1) is 0 Å². The standard InChI is InChI=1S/C28H26N4O3S/c1-28(2,3)18-8-5-6-9-22(18)35-26-20(13-14-24(32-26)34-4)30-27-29-19-12-11-17(16-21(19)31-27)25(33)23-10-7-15-36-23/h5-16H,1-4H3,(H2,29,30,31).